The monoisotopic (exact) mass is 264 g/mol. The van der Waals surface area contributed by atoms with Gasteiger partial charge < -0.3 is 4.90 Å². The van der Waals surface area contributed by atoms with Gasteiger partial charge in [-0.1, -0.05) is 27.7 Å². The summed E-state index contributed by atoms with van der Waals surface area (Å²) in [5.41, 5.74) is 1.17. The zero-order valence-electron chi connectivity index (χ0n) is 13.4. The Morgan fingerprint density at radius 3 is 2.32 bits per heavy atom. The standard InChI is InChI=1S/C17H32N2/c1-5-18-8-6-14(7-9-18)19-13-17(4)11-15(19)10-16(2,3)12-17/h14-15H,5-13H2,1-4H3/t15-,17+/m1/s1. The maximum absolute atomic E-state index is 2.92. The summed E-state index contributed by atoms with van der Waals surface area (Å²) in [5.74, 6) is 0. The van der Waals surface area contributed by atoms with Crippen LogP contribution in [0.15, 0.2) is 0 Å². The van der Waals surface area contributed by atoms with Gasteiger partial charge in [-0.05, 0) is 62.6 Å². The van der Waals surface area contributed by atoms with E-state index < -0.39 is 0 Å². The minimum Gasteiger partial charge on any atom is -0.303 e. The first kappa shape index (κ1) is 13.9. The number of nitrogens with zero attached hydrogens (tertiary/aromatic N) is 2. The lowest BCUT2D eigenvalue weighted by Crippen LogP contribution is -2.47. The Hall–Kier alpha value is -0.0800. The van der Waals surface area contributed by atoms with E-state index in [1.165, 1.54) is 58.3 Å². The molecule has 19 heavy (non-hydrogen) atoms. The Balaban J connectivity index is 1.67. The lowest BCUT2D eigenvalue weighted by Gasteiger charge is -2.41. The van der Waals surface area contributed by atoms with Crippen LogP contribution in [0.3, 0.4) is 0 Å². The third-order valence-corrected chi connectivity index (χ3v) is 5.93. The molecule has 3 aliphatic rings. The molecule has 0 amide bonds. The van der Waals surface area contributed by atoms with Crippen molar-refractivity contribution in [1.82, 2.24) is 9.80 Å². The molecule has 3 rings (SSSR count). The van der Waals surface area contributed by atoms with Crippen molar-refractivity contribution in [1.29, 1.82) is 0 Å². The minimum absolute atomic E-state index is 0.566. The first-order valence-corrected chi connectivity index (χ1v) is 8.39. The second kappa shape index (κ2) is 4.73. The summed E-state index contributed by atoms with van der Waals surface area (Å²) in [7, 11) is 0. The van der Waals surface area contributed by atoms with E-state index in [0.717, 1.165) is 12.1 Å². The molecule has 1 aliphatic carbocycles. The van der Waals surface area contributed by atoms with Crippen molar-refractivity contribution >= 4 is 0 Å². The van der Waals surface area contributed by atoms with Crippen LogP contribution in [-0.2, 0) is 0 Å². The molecule has 1 saturated carbocycles. The summed E-state index contributed by atoms with van der Waals surface area (Å²) in [6.45, 7) is 15.1. The summed E-state index contributed by atoms with van der Waals surface area (Å²) >= 11 is 0. The first-order chi connectivity index (χ1) is 8.91. The van der Waals surface area contributed by atoms with Gasteiger partial charge in [0.15, 0.2) is 0 Å². The van der Waals surface area contributed by atoms with Gasteiger partial charge in [0, 0.05) is 18.6 Å². The van der Waals surface area contributed by atoms with Crippen LogP contribution in [0.5, 0.6) is 0 Å². The highest BCUT2D eigenvalue weighted by Gasteiger charge is 2.51. The second-order valence-electron chi connectivity index (χ2n) is 8.55. The second-order valence-corrected chi connectivity index (χ2v) is 8.55. The summed E-state index contributed by atoms with van der Waals surface area (Å²) in [4.78, 5) is 5.53. The summed E-state index contributed by atoms with van der Waals surface area (Å²) in [6, 6.07) is 1.76. The summed E-state index contributed by atoms with van der Waals surface area (Å²) in [5, 5.41) is 0. The highest BCUT2D eigenvalue weighted by Crippen LogP contribution is 2.53. The van der Waals surface area contributed by atoms with E-state index in [1.54, 1.807) is 0 Å². The van der Waals surface area contributed by atoms with Gasteiger partial charge in [0.2, 0.25) is 0 Å². The maximum atomic E-state index is 2.92. The van der Waals surface area contributed by atoms with Crippen molar-refractivity contribution in [3.63, 3.8) is 0 Å². The predicted octanol–water partition coefficient (Wildman–Crippen LogP) is 3.37. The fourth-order valence-electron chi connectivity index (χ4n) is 5.50. The molecule has 110 valence electrons. The molecule has 0 aromatic rings. The van der Waals surface area contributed by atoms with Gasteiger partial charge in [0.25, 0.3) is 0 Å². The van der Waals surface area contributed by atoms with Crippen LogP contribution in [0.25, 0.3) is 0 Å². The molecule has 0 radical (unpaired) electrons. The minimum atomic E-state index is 0.566. The maximum Gasteiger partial charge on any atom is 0.0123 e. The SMILES string of the molecule is CCN1CCC(N2C[C@@]3(C)C[C@H]2CC(C)(C)C3)CC1. The Morgan fingerprint density at radius 1 is 1.00 bits per heavy atom. The summed E-state index contributed by atoms with van der Waals surface area (Å²) < 4.78 is 0. The Morgan fingerprint density at radius 2 is 1.68 bits per heavy atom. The Kier molecular flexibility index (Phi) is 3.46. The fourth-order valence-corrected chi connectivity index (χ4v) is 5.50. The molecule has 2 aliphatic heterocycles. The van der Waals surface area contributed by atoms with Crippen LogP contribution in [0.2, 0.25) is 0 Å². The number of hydrogen-bond acceptors (Lipinski definition) is 2. The molecule has 2 heterocycles. The average Bonchev–Trinajstić information content (AvgIpc) is 2.59. The van der Waals surface area contributed by atoms with Crippen molar-refractivity contribution in [2.75, 3.05) is 26.2 Å². The van der Waals surface area contributed by atoms with Crippen LogP contribution in [0, 0.1) is 10.8 Å². The van der Waals surface area contributed by atoms with E-state index in [0.29, 0.717) is 10.8 Å². The van der Waals surface area contributed by atoms with E-state index in [-0.39, 0.29) is 0 Å². The molecule has 2 nitrogen and oxygen atoms in total. The van der Waals surface area contributed by atoms with Crippen LogP contribution in [-0.4, -0.2) is 48.1 Å². The molecule has 0 N–H and O–H groups in total. The topological polar surface area (TPSA) is 6.48 Å². The normalized spacial score (nSPS) is 40.7. The first-order valence-electron chi connectivity index (χ1n) is 8.39. The zero-order chi connectivity index (χ0) is 13.7. The van der Waals surface area contributed by atoms with E-state index in [1.807, 2.05) is 0 Å². The molecule has 3 fully saturated rings. The van der Waals surface area contributed by atoms with Crippen LogP contribution < -0.4 is 0 Å². The smallest absolute Gasteiger partial charge is 0.0123 e. The molecule has 0 aromatic heterocycles. The lowest BCUT2D eigenvalue weighted by atomic mass is 9.65. The molecule has 0 aromatic carbocycles. The van der Waals surface area contributed by atoms with Gasteiger partial charge in [-0.15, -0.1) is 0 Å². The molecule has 2 heteroatoms. The van der Waals surface area contributed by atoms with E-state index in [2.05, 4.69) is 37.5 Å². The molecular weight excluding hydrogens is 232 g/mol. The van der Waals surface area contributed by atoms with Crippen LogP contribution in [0.4, 0.5) is 0 Å². The van der Waals surface area contributed by atoms with Crippen LogP contribution in [0.1, 0.15) is 59.8 Å². The molecule has 0 unspecified atom stereocenters. The van der Waals surface area contributed by atoms with Crippen molar-refractivity contribution in [3.8, 4) is 0 Å². The molecule has 2 bridgehead atoms. The van der Waals surface area contributed by atoms with Gasteiger partial charge in [0.05, 0.1) is 0 Å². The molecular formula is C17H32N2. The van der Waals surface area contributed by atoms with E-state index >= 15 is 0 Å². The van der Waals surface area contributed by atoms with Crippen molar-refractivity contribution in [2.45, 2.75) is 71.9 Å². The number of piperidine rings is 1. The highest BCUT2D eigenvalue weighted by molar-refractivity contribution is 5.04. The van der Waals surface area contributed by atoms with Gasteiger partial charge in [-0.3, -0.25) is 4.90 Å². The summed E-state index contributed by atoms with van der Waals surface area (Å²) in [6.07, 6.45) is 7.13. The van der Waals surface area contributed by atoms with E-state index in [9.17, 15) is 0 Å². The van der Waals surface area contributed by atoms with E-state index in [4.69, 9.17) is 0 Å². The van der Waals surface area contributed by atoms with Gasteiger partial charge in [0.1, 0.15) is 0 Å². The van der Waals surface area contributed by atoms with Crippen LogP contribution >= 0.6 is 0 Å². The number of fused-ring (bicyclic) bond motifs is 2. The fraction of sp³-hybridized carbons (Fsp3) is 1.00. The highest BCUT2D eigenvalue weighted by atomic mass is 15.2. The lowest BCUT2D eigenvalue weighted by molar-refractivity contribution is 0.0847. The number of likely N-dealkylation sites (tertiary alicyclic amines) is 2. The van der Waals surface area contributed by atoms with Crippen molar-refractivity contribution in [2.24, 2.45) is 10.8 Å². The average molecular weight is 264 g/mol. The largest absolute Gasteiger partial charge is 0.303 e. The quantitative estimate of drug-likeness (QED) is 0.754. The van der Waals surface area contributed by atoms with Crippen molar-refractivity contribution in [3.05, 3.63) is 0 Å². The van der Waals surface area contributed by atoms with Crippen molar-refractivity contribution < 1.29 is 0 Å². The van der Waals surface area contributed by atoms with Gasteiger partial charge >= 0.3 is 0 Å². The van der Waals surface area contributed by atoms with Gasteiger partial charge in [-0.25, -0.2) is 0 Å². The zero-order valence-corrected chi connectivity index (χ0v) is 13.4. The number of rotatable bonds is 2. The predicted molar refractivity (Wildman–Crippen MR) is 81.4 cm³/mol. The molecule has 0 spiro atoms. The molecule has 2 saturated heterocycles. The third kappa shape index (κ3) is 2.71. The Bertz CT molecular complexity index is 330. The Labute approximate surface area is 119 Å². The number of hydrogen-bond donors (Lipinski definition) is 0. The van der Waals surface area contributed by atoms with Gasteiger partial charge in [-0.2, -0.15) is 0 Å². The molecule has 2 atom stereocenters. The third-order valence-electron chi connectivity index (χ3n) is 5.93.